The van der Waals surface area contributed by atoms with Gasteiger partial charge < -0.3 is 19.4 Å². The van der Waals surface area contributed by atoms with Crippen LogP contribution in [0.4, 0.5) is 0 Å². The van der Waals surface area contributed by atoms with E-state index in [0.717, 1.165) is 22.9 Å². The SMILES string of the molecule is COC[C@@H]1C[C@@H](OC)CN1C(=O)Cc1c[nH]c2c(C)cccc12. The van der Waals surface area contributed by atoms with Crippen molar-refractivity contribution in [1.82, 2.24) is 9.88 Å². The Kier molecular flexibility index (Phi) is 4.68. The summed E-state index contributed by atoms with van der Waals surface area (Å²) in [6, 6.07) is 6.27. The number of methoxy groups -OCH3 is 2. The predicted octanol–water partition coefficient (Wildman–Crippen LogP) is 2.28. The number of para-hydroxylation sites is 1. The molecule has 124 valence electrons. The van der Waals surface area contributed by atoms with Gasteiger partial charge in [-0.15, -0.1) is 0 Å². The highest BCUT2D eigenvalue weighted by atomic mass is 16.5. The molecule has 1 aromatic heterocycles. The van der Waals surface area contributed by atoms with Gasteiger partial charge >= 0.3 is 0 Å². The number of H-pyrrole nitrogens is 1. The quantitative estimate of drug-likeness (QED) is 0.921. The molecular formula is C18H24N2O3. The van der Waals surface area contributed by atoms with Crippen LogP contribution in [-0.4, -0.2) is 55.3 Å². The highest BCUT2D eigenvalue weighted by molar-refractivity contribution is 5.90. The third-order valence-electron chi connectivity index (χ3n) is 4.74. The van der Waals surface area contributed by atoms with Crippen molar-refractivity contribution in [2.75, 3.05) is 27.4 Å². The number of amides is 1. The van der Waals surface area contributed by atoms with E-state index in [1.54, 1.807) is 14.2 Å². The van der Waals surface area contributed by atoms with Crippen molar-refractivity contribution in [1.29, 1.82) is 0 Å². The van der Waals surface area contributed by atoms with Gasteiger partial charge in [-0.25, -0.2) is 0 Å². The average molecular weight is 316 g/mol. The number of ether oxygens (including phenoxy) is 2. The van der Waals surface area contributed by atoms with Crippen LogP contribution in [0, 0.1) is 6.92 Å². The number of aromatic nitrogens is 1. The highest BCUT2D eigenvalue weighted by Crippen LogP contribution is 2.25. The molecular weight excluding hydrogens is 292 g/mol. The maximum atomic E-state index is 12.8. The Labute approximate surface area is 136 Å². The van der Waals surface area contributed by atoms with Gasteiger partial charge in [0.25, 0.3) is 0 Å². The van der Waals surface area contributed by atoms with E-state index in [4.69, 9.17) is 9.47 Å². The summed E-state index contributed by atoms with van der Waals surface area (Å²) in [6.07, 6.45) is 3.29. The van der Waals surface area contributed by atoms with Crippen molar-refractivity contribution in [2.45, 2.75) is 31.9 Å². The second kappa shape index (κ2) is 6.72. The molecule has 1 fully saturated rings. The minimum absolute atomic E-state index is 0.101. The van der Waals surface area contributed by atoms with Gasteiger partial charge in [-0.3, -0.25) is 4.79 Å². The van der Waals surface area contributed by atoms with Crippen LogP contribution < -0.4 is 0 Å². The Balaban J connectivity index is 1.78. The van der Waals surface area contributed by atoms with E-state index < -0.39 is 0 Å². The van der Waals surface area contributed by atoms with Crippen LogP contribution in [0.25, 0.3) is 10.9 Å². The summed E-state index contributed by atoms with van der Waals surface area (Å²) in [7, 11) is 3.37. The van der Waals surface area contributed by atoms with E-state index >= 15 is 0 Å². The number of nitrogens with zero attached hydrogens (tertiary/aromatic N) is 1. The maximum Gasteiger partial charge on any atom is 0.227 e. The minimum atomic E-state index is 0.101. The van der Waals surface area contributed by atoms with Crippen LogP contribution in [0.2, 0.25) is 0 Å². The van der Waals surface area contributed by atoms with Gasteiger partial charge in [0.15, 0.2) is 0 Å². The number of benzene rings is 1. The standard InChI is InChI=1S/C18H24N2O3/c1-12-5-4-6-16-13(9-19-18(12)16)7-17(21)20-10-15(23-3)8-14(20)11-22-2/h4-6,9,14-15,19H,7-8,10-11H2,1-3H3/t14-,15+/m0/s1. The zero-order chi connectivity index (χ0) is 16.4. The van der Waals surface area contributed by atoms with Crippen molar-refractivity contribution in [2.24, 2.45) is 0 Å². The number of aromatic amines is 1. The smallest absolute Gasteiger partial charge is 0.227 e. The first kappa shape index (κ1) is 16.0. The number of hydrogen-bond acceptors (Lipinski definition) is 3. The Hall–Kier alpha value is -1.85. The van der Waals surface area contributed by atoms with Crippen molar-refractivity contribution < 1.29 is 14.3 Å². The second-order valence-corrected chi connectivity index (χ2v) is 6.24. The Morgan fingerprint density at radius 1 is 1.39 bits per heavy atom. The number of carbonyl (C=O) groups excluding carboxylic acids is 1. The summed E-state index contributed by atoms with van der Waals surface area (Å²) in [5.74, 6) is 0.133. The van der Waals surface area contributed by atoms with Crippen LogP contribution in [0.1, 0.15) is 17.5 Å². The van der Waals surface area contributed by atoms with Crippen molar-refractivity contribution >= 4 is 16.8 Å². The molecule has 0 spiro atoms. The number of aryl methyl sites for hydroxylation is 1. The first-order valence-corrected chi connectivity index (χ1v) is 8.00. The van der Waals surface area contributed by atoms with E-state index in [-0.39, 0.29) is 18.1 Å². The first-order valence-electron chi connectivity index (χ1n) is 8.00. The molecule has 1 amide bonds. The molecule has 0 saturated carbocycles. The van der Waals surface area contributed by atoms with Gasteiger partial charge in [0.05, 0.1) is 25.2 Å². The van der Waals surface area contributed by atoms with E-state index in [2.05, 4.69) is 24.0 Å². The van der Waals surface area contributed by atoms with Crippen molar-refractivity contribution in [3.8, 4) is 0 Å². The molecule has 1 aliphatic rings. The number of fused-ring (bicyclic) bond motifs is 1. The van der Waals surface area contributed by atoms with Crippen LogP contribution in [0.3, 0.4) is 0 Å². The molecule has 2 aromatic rings. The molecule has 1 N–H and O–H groups in total. The monoisotopic (exact) mass is 316 g/mol. The lowest BCUT2D eigenvalue weighted by Crippen LogP contribution is -2.39. The summed E-state index contributed by atoms with van der Waals surface area (Å²) in [5.41, 5.74) is 3.35. The van der Waals surface area contributed by atoms with E-state index in [1.165, 1.54) is 5.56 Å². The highest BCUT2D eigenvalue weighted by Gasteiger charge is 2.35. The van der Waals surface area contributed by atoms with Crippen LogP contribution in [0.5, 0.6) is 0 Å². The molecule has 2 heterocycles. The summed E-state index contributed by atoms with van der Waals surface area (Å²) >= 11 is 0. The normalized spacial score (nSPS) is 21.3. The Morgan fingerprint density at radius 3 is 2.96 bits per heavy atom. The largest absolute Gasteiger partial charge is 0.383 e. The van der Waals surface area contributed by atoms with Crippen LogP contribution in [-0.2, 0) is 20.7 Å². The molecule has 2 atom stereocenters. The van der Waals surface area contributed by atoms with Crippen LogP contribution >= 0.6 is 0 Å². The minimum Gasteiger partial charge on any atom is -0.383 e. The maximum absolute atomic E-state index is 12.8. The molecule has 0 unspecified atom stereocenters. The third-order valence-corrected chi connectivity index (χ3v) is 4.74. The molecule has 5 nitrogen and oxygen atoms in total. The zero-order valence-corrected chi connectivity index (χ0v) is 14.0. The van der Waals surface area contributed by atoms with E-state index in [1.807, 2.05) is 17.2 Å². The fraction of sp³-hybridized carbons (Fsp3) is 0.500. The molecule has 0 bridgehead atoms. The lowest BCUT2D eigenvalue weighted by atomic mass is 10.1. The molecule has 1 aliphatic heterocycles. The van der Waals surface area contributed by atoms with E-state index in [9.17, 15) is 4.79 Å². The molecule has 5 heteroatoms. The van der Waals surface area contributed by atoms with Gasteiger partial charge in [0.1, 0.15) is 0 Å². The molecule has 3 rings (SSSR count). The lowest BCUT2D eigenvalue weighted by molar-refractivity contribution is -0.132. The Morgan fingerprint density at radius 2 is 2.22 bits per heavy atom. The van der Waals surface area contributed by atoms with Crippen molar-refractivity contribution in [3.05, 3.63) is 35.5 Å². The second-order valence-electron chi connectivity index (χ2n) is 6.24. The molecule has 1 saturated heterocycles. The molecule has 1 aromatic carbocycles. The van der Waals surface area contributed by atoms with Gasteiger partial charge in [-0.2, -0.15) is 0 Å². The van der Waals surface area contributed by atoms with Crippen molar-refractivity contribution in [3.63, 3.8) is 0 Å². The van der Waals surface area contributed by atoms with Crippen LogP contribution in [0.15, 0.2) is 24.4 Å². The molecule has 0 radical (unpaired) electrons. The van der Waals surface area contributed by atoms with Gasteiger partial charge in [0.2, 0.25) is 5.91 Å². The fourth-order valence-electron chi connectivity index (χ4n) is 3.48. The average Bonchev–Trinajstić information content (AvgIpc) is 3.13. The fourth-order valence-corrected chi connectivity index (χ4v) is 3.48. The molecule has 0 aliphatic carbocycles. The third kappa shape index (κ3) is 3.12. The van der Waals surface area contributed by atoms with Gasteiger partial charge in [-0.1, -0.05) is 18.2 Å². The lowest BCUT2D eigenvalue weighted by Gasteiger charge is -2.23. The van der Waals surface area contributed by atoms with E-state index in [0.29, 0.717) is 19.6 Å². The summed E-state index contributed by atoms with van der Waals surface area (Å²) in [6.45, 7) is 3.27. The predicted molar refractivity (Wildman–Crippen MR) is 89.5 cm³/mol. The van der Waals surface area contributed by atoms with Gasteiger partial charge in [-0.05, 0) is 24.5 Å². The number of likely N-dealkylation sites (tertiary alicyclic amines) is 1. The number of carbonyl (C=O) groups is 1. The Bertz CT molecular complexity index is 695. The first-order chi connectivity index (χ1) is 11.1. The summed E-state index contributed by atoms with van der Waals surface area (Å²) < 4.78 is 10.7. The summed E-state index contributed by atoms with van der Waals surface area (Å²) in [4.78, 5) is 18.0. The zero-order valence-electron chi connectivity index (χ0n) is 14.0. The number of nitrogens with one attached hydrogen (secondary N) is 1. The number of rotatable bonds is 5. The van der Waals surface area contributed by atoms with Gasteiger partial charge in [0, 0.05) is 37.9 Å². The topological polar surface area (TPSA) is 54.6 Å². The summed E-state index contributed by atoms with van der Waals surface area (Å²) in [5, 5.41) is 1.13. The molecule has 23 heavy (non-hydrogen) atoms. The number of hydrogen-bond donors (Lipinski definition) is 1.